The summed E-state index contributed by atoms with van der Waals surface area (Å²) in [7, 11) is 0. The minimum atomic E-state index is -1.37. The topological polar surface area (TPSA) is 64.1 Å². The zero-order valence-corrected chi connectivity index (χ0v) is 11.6. The number of fused-ring (bicyclic) bond motifs is 1. The molecule has 0 fully saturated rings. The molecule has 0 spiro atoms. The van der Waals surface area contributed by atoms with Gasteiger partial charge in [-0.1, -0.05) is 29.8 Å². The smallest absolute Gasteiger partial charge is 0.149 e. The molecule has 1 heterocycles. The average molecular weight is 308 g/mol. The summed E-state index contributed by atoms with van der Waals surface area (Å²) in [5.41, 5.74) is 11.7. The van der Waals surface area contributed by atoms with Crippen LogP contribution in [0.5, 0.6) is 0 Å². The Bertz CT molecular complexity index is 761. The number of hydrogen-bond acceptors (Lipinski definition) is 3. The second-order valence-corrected chi connectivity index (χ2v) is 5.22. The van der Waals surface area contributed by atoms with Crippen molar-refractivity contribution in [2.24, 2.45) is 5.73 Å². The Morgan fingerprint density at radius 3 is 2.62 bits per heavy atom. The number of hydrogen-bond donors (Lipinski definition) is 3. The minimum Gasteiger partial charge on any atom is -0.396 e. The predicted molar refractivity (Wildman–Crippen MR) is 79.4 cm³/mol. The molecule has 1 atom stereocenters. The Balaban J connectivity index is 2.28. The number of nitrogen functional groups attached to an aromatic ring is 1. The molecule has 6 heteroatoms. The van der Waals surface area contributed by atoms with Gasteiger partial charge in [0.2, 0.25) is 0 Å². The molecule has 0 saturated heterocycles. The van der Waals surface area contributed by atoms with E-state index in [1.165, 1.54) is 30.5 Å². The fourth-order valence-electron chi connectivity index (χ4n) is 2.50. The first-order valence-corrected chi connectivity index (χ1v) is 6.59. The Morgan fingerprint density at radius 1 is 1.10 bits per heavy atom. The summed E-state index contributed by atoms with van der Waals surface area (Å²) in [6, 6.07) is 7.25. The summed E-state index contributed by atoms with van der Waals surface area (Å²) >= 11 is 5.82. The van der Waals surface area contributed by atoms with Crippen LogP contribution in [0.25, 0.3) is 6.08 Å². The molecule has 3 rings (SSSR count). The summed E-state index contributed by atoms with van der Waals surface area (Å²) in [4.78, 5) is 0. The van der Waals surface area contributed by atoms with Gasteiger partial charge in [-0.05, 0) is 24.4 Å². The molecule has 1 aliphatic rings. The van der Waals surface area contributed by atoms with Gasteiger partial charge in [-0.25, -0.2) is 8.78 Å². The van der Waals surface area contributed by atoms with Gasteiger partial charge in [-0.15, -0.1) is 0 Å². The molecule has 3 nitrogen and oxygen atoms in total. The zero-order valence-electron chi connectivity index (χ0n) is 10.8. The van der Waals surface area contributed by atoms with E-state index >= 15 is 0 Å². The molecule has 0 bridgehead atoms. The van der Waals surface area contributed by atoms with Crippen LogP contribution in [0.2, 0.25) is 5.02 Å². The maximum absolute atomic E-state index is 14.3. The molecule has 0 aliphatic carbocycles. The highest BCUT2D eigenvalue weighted by molar-refractivity contribution is 6.30. The van der Waals surface area contributed by atoms with Crippen LogP contribution in [0.3, 0.4) is 0 Å². The lowest BCUT2D eigenvalue weighted by atomic mass is 9.85. The molecule has 2 aromatic rings. The van der Waals surface area contributed by atoms with E-state index in [9.17, 15) is 8.78 Å². The summed E-state index contributed by atoms with van der Waals surface area (Å²) in [5, 5.41) is 2.87. The number of halogens is 3. The van der Waals surface area contributed by atoms with Crippen molar-refractivity contribution >= 4 is 23.4 Å². The van der Waals surface area contributed by atoms with Crippen LogP contribution in [0.1, 0.15) is 16.7 Å². The average Bonchev–Trinajstić information content (AvgIpc) is 2.46. The molecule has 21 heavy (non-hydrogen) atoms. The molecule has 0 amide bonds. The first-order valence-electron chi connectivity index (χ1n) is 6.21. The largest absolute Gasteiger partial charge is 0.396 e. The van der Waals surface area contributed by atoms with Crippen molar-refractivity contribution in [3.8, 4) is 0 Å². The van der Waals surface area contributed by atoms with Crippen molar-refractivity contribution in [2.45, 2.75) is 5.66 Å². The third kappa shape index (κ3) is 1.97. The highest BCUT2D eigenvalue weighted by Crippen LogP contribution is 2.37. The van der Waals surface area contributed by atoms with E-state index in [0.717, 1.165) is 0 Å². The number of benzene rings is 2. The summed E-state index contributed by atoms with van der Waals surface area (Å²) in [6.07, 6.45) is 3.11. The first kappa shape index (κ1) is 13.9. The molecular formula is C15H12ClF2N3. The van der Waals surface area contributed by atoms with Gasteiger partial charge in [0.25, 0.3) is 0 Å². The quantitative estimate of drug-likeness (QED) is 0.710. The Labute approximate surface area is 125 Å². The maximum Gasteiger partial charge on any atom is 0.149 e. The molecule has 0 aromatic heterocycles. The van der Waals surface area contributed by atoms with Crippen molar-refractivity contribution < 1.29 is 8.78 Å². The molecule has 1 aliphatic heterocycles. The van der Waals surface area contributed by atoms with E-state index in [0.29, 0.717) is 11.1 Å². The van der Waals surface area contributed by atoms with Crippen LogP contribution in [0.15, 0.2) is 36.5 Å². The highest BCUT2D eigenvalue weighted by Gasteiger charge is 2.36. The van der Waals surface area contributed by atoms with Crippen LogP contribution >= 0.6 is 11.6 Å². The van der Waals surface area contributed by atoms with E-state index in [1.807, 2.05) is 0 Å². The minimum absolute atomic E-state index is 0.0255. The standard InChI is InChI=1S/C15H12ClF2N3/c16-11-3-1-2-10(13(11)18)15(20)9-4-5-12(17)14(19)8(9)6-7-21-15/h1-7,21H,19-20H2. The predicted octanol–water partition coefficient (Wildman–Crippen LogP) is 2.93. The van der Waals surface area contributed by atoms with Gasteiger partial charge in [0.05, 0.1) is 10.7 Å². The van der Waals surface area contributed by atoms with Crippen LogP contribution in [-0.2, 0) is 5.66 Å². The van der Waals surface area contributed by atoms with Gasteiger partial charge in [0.15, 0.2) is 0 Å². The zero-order chi connectivity index (χ0) is 15.2. The van der Waals surface area contributed by atoms with Gasteiger partial charge in [0, 0.05) is 16.7 Å². The van der Waals surface area contributed by atoms with E-state index < -0.39 is 17.3 Å². The van der Waals surface area contributed by atoms with E-state index in [4.69, 9.17) is 23.1 Å². The fourth-order valence-corrected chi connectivity index (χ4v) is 2.67. The Hall–Kier alpha value is -2.11. The number of nitrogens with two attached hydrogens (primary N) is 2. The SMILES string of the molecule is Nc1c(F)ccc2c1C=CNC2(N)c1cccc(Cl)c1F. The Kier molecular flexibility index (Phi) is 3.11. The molecule has 1 unspecified atom stereocenters. The van der Waals surface area contributed by atoms with Crippen LogP contribution in [0.4, 0.5) is 14.5 Å². The van der Waals surface area contributed by atoms with Crippen molar-refractivity contribution in [1.82, 2.24) is 5.32 Å². The number of nitrogens with one attached hydrogen (secondary N) is 1. The van der Waals surface area contributed by atoms with Crippen LogP contribution in [0, 0.1) is 11.6 Å². The normalized spacial score (nSPS) is 20.0. The molecule has 0 saturated carbocycles. The lowest BCUT2D eigenvalue weighted by Crippen LogP contribution is -2.51. The highest BCUT2D eigenvalue weighted by atomic mass is 35.5. The monoisotopic (exact) mass is 307 g/mol. The molecular weight excluding hydrogens is 296 g/mol. The number of rotatable bonds is 1. The second-order valence-electron chi connectivity index (χ2n) is 4.81. The lowest BCUT2D eigenvalue weighted by Gasteiger charge is -2.35. The van der Waals surface area contributed by atoms with Crippen molar-refractivity contribution in [1.29, 1.82) is 0 Å². The van der Waals surface area contributed by atoms with Crippen LogP contribution < -0.4 is 16.8 Å². The van der Waals surface area contributed by atoms with E-state index in [1.54, 1.807) is 12.1 Å². The summed E-state index contributed by atoms with van der Waals surface area (Å²) in [5.74, 6) is -1.17. The fraction of sp³-hybridized carbons (Fsp3) is 0.0667. The lowest BCUT2D eigenvalue weighted by molar-refractivity contribution is 0.444. The summed E-state index contributed by atoms with van der Waals surface area (Å²) in [6.45, 7) is 0. The van der Waals surface area contributed by atoms with E-state index in [2.05, 4.69) is 5.32 Å². The van der Waals surface area contributed by atoms with Gasteiger partial charge < -0.3 is 16.8 Å². The van der Waals surface area contributed by atoms with Crippen molar-refractivity contribution in [2.75, 3.05) is 5.73 Å². The van der Waals surface area contributed by atoms with Gasteiger partial charge in [-0.3, -0.25) is 0 Å². The Morgan fingerprint density at radius 2 is 1.86 bits per heavy atom. The molecule has 5 N–H and O–H groups in total. The maximum atomic E-state index is 14.3. The van der Waals surface area contributed by atoms with Gasteiger partial charge in [-0.2, -0.15) is 0 Å². The third-order valence-corrected chi connectivity index (χ3v) is 3.89. The molecule has 0 radical (unpaired) electrons. The van der Waals surface area contributed by atoms with Gasteiger partial charge >= 0.3 is 0 Å². The molecule has 2 aromatic carbocycles. The van der Waals surface area contributed by atoms with Crippen molar-refractivity contribution in [3.63, 3.8) is 0 Å². The third-order valence-electron chi connectivity index (χ3n) is 3.60. The number of anilines is 1. The second kappa shape index (κ2) is 4.72. The van der Waals surface area contributed by atoms with Crippen molar-refractivity contribution in [3.05, 3.63) is 69.9 Å². The van der Waals surface area contributed by atoms with Gasteiger partial charge in [0.1, 0.15) is 17.3 Å². The first-order chi connectivity index (χ1) is 9.95. The van der Waals surface area contributed by atoms with E-state index in [-0.39, 0.29) is 16.3 Å². The summed E-state index contributed by atoms with van der Waals surface area (Å²) < 4.78 is 27.9. The molecule has 108 valence electrons. The van der Waals surface area contributed by atoms with Crippen LogP contribution in [-0.4, -0.2) is 0 Å².